The quantitative estimate of drug-likeness (QED) is 0.0259. The van der Waals surface area contributed by atoms with Crippen molar-refractivity contribution in [3.05, 3.63) is 132 Å². The van der Waals surface area contributed by atoms with Gasteiger partial charge in [0.1, 0.15) is 72.8 Å². The summed E-state index contributed by atoms with van der Waals surface area (Å²) >= 11 is 0. The molecule has 2 heterocycles. The van der Waals surface area contributed by atoms with E-state index < -0.39 is 83.0 Å². The van der Waals surface area contributed by atoms with E-state index in [1.807, 2.05) is 54.6 Å². The third kappa shape index (κ3) is 17.1. The van der Waals surface area contributed by atoms with Gasteiger partial charge < -0.3 is 44.5 Å². The molecule has 4 aromatic carbocycles. The Bertz CT molecular complexity index is 3100. The van der Waals surface area contributed by atoms with Crippen molar-refractivity contribution in [2.45, 2.75) is 130 Å². The Hall–Kier alpha value is -8.73. The van der Waals surface area contributed by atoms with Gasteiger partial charge in [-0.25, -0.2) is 14.3 Å². The van der Waals surface area contributed by atoms with Crippen LogP contribution in [0.1, 0.15) is 90.2 Å². The van der Waals surface area contributed by atoms with Crippen LogP contribution in [0.2, 0.25) is 0 Å². The van der Waals surface area contributed by atoms with Gasteiger partial charge in [0.2, 0.25) is 23.6 Å². The number of carbonyl (C=O) groups is 7. The zero-order valence-electron chi connectivity index (χ0n) is 48.4. The SMILES string of the molecule is C#CCOc1ccc(C[C@H](NC(=O)[C@H](Cc2ccc3ccccc3c2)NC(=O)[C@@H]2[C@H](n3cc(COc4ccc(C[C@H](C)C(=O)OC)cc4)nn3)CCN2C(=O)[C@@H](NC(=O)[C@H](C)N(C)C(=O)OC(C)(C)C)C(C)(C)C)C(=O)OCC=C)cc1. The fourth-order valence-corrected chi connectivity index (χ4v) is 9.28. The van der Waals surface area contributed by atoms with Gasteiger partial charge in [0.05, 0.1) is 25.3 Å². The first-order valence-electron chi connectivity index (χ1n) is 27.2. The second kappa shape index (κ2) is 28.1. The number of fused-ring (bicyclic) bond motifs is 1. The number of nitrogens with zero attached hydrogens (tertiary/aromatic N) is 5. The van der Waals surface area contributed by atoms with Crippen molar-refractivity contribution in [2.75, 3.05) is 33.9 Å². The van der Waals surface area contributed by atoms with Crippen LogP contribution in [0.25, 0.3) is 10.8 Å². The molecular formula is C62H76N8O12. The average Bonchev–Trinajstić information content (AvgIpc) is 4.27. The lowest BCUT2D eigenvalue weighted by Gasteiger charge is -2.37. The topological polar surface area (TPSA) is 239 Å². The smallest absolute Gasteiger partial charge is 0.410 e. The zero-order valence-corrected chi connectivity index (χ0v) is 48.4. The number of amides is 5. The molecule has 436 valence electrons. The summed E-state index contributed by atoms with van der Waals surface area (Å²) in [4.78, 5) is 101. The summed E-state index contributed by atoms with van der Waals surface area (Å²) in [5.41, 5.74) is 0.841. The van der Waals surface area contributed by atoms with Gasteiger partial charge in [0.15, 0.2) is 0 Å². The molecule has 82 heavy (non-hydrogen) atoms. The molecule has 0 saturated carbocycles. The summed E-state index contributed by atoms with van der Waals surface area (Å²) in [5.74, 6) is -0.669. The van der Waals surface area contributed by atoms with Crippen LogP contribution in [0.4, 0.5) is 4.79 Å². The third-order valence-corrected chi connectivity index (χ3v) is 13.8. The van der Waals surface area contributed by atoms with Gasteiger partial charge in [-0.1, -0.05) is 118 Å². The van der Waals surface area contributed by atoms with Crippen LogP contribution in [0.15, 0.2) is 110 Å². The second-order valence-electron chi connectivity index (χ2n) is 22.4. The summed E-state index contributed by atoms with van der Waals surface area (Å²) < 4.78 is 29.0. The number of nitrogens with one attached hydrogen (secondary N) is 3. The molecule has 0 unspecified atom stereocenters. The molecule has 1 saturated heterocycles. The predicted octanol–water partition coefficient (Wildman–Crippen LogP) is 6.49. The van der Waals surface area contributed by atoms with E-state index in [2.05, 4.69) is 38.8 Å². The number of benzene rings is 4. The Morgan fingerprint density at radius 3 is 2.04 bits per heavy atom. The minimum atomic E-state index is -1.36. The van der Waals surface area contributed by atoms with Gasteiger partial charge in [-0.3, -0.25) is 28.9 Å². The minimum Gasteiger partial charge on any atom is -0.487 e. The lowest BCUT2D eigenvalue weighted by molar-refractivity contribution is -0.147. The molecule has 0 radical (unpaired) electrons. The lowest BCUT2D eigenvalue weighted by Crippen LogP contribution is -2.62. The van der Waals surface area contributed by atoms with Gasteiger partial charge >= 0.3 is 18.0 Å². The van der Waals surface area contributed by atoms with Crippen molar-refractivity contribution >= 4 is 52.4 Å². The van der Waals surface area contributed by atoms with E-state index in [4.69, 9.17) is 30.1 Å². The molecule has 3 N–H and O–H groups in total. The van der Waals surface area contributed by atoms with Crippen molar-refractivity contribution in [2.24, 2.45) is 11.3 Å². The van der Waals surface area contributed by atoms with E-state index in [0.717, 1.165) is 21.2 Å². The monoisotopic (exact) mass is 1120 g/mol. The van der Waals surface area contributed by atoms with Gasteiger partial charge in [-0.2, -0.15) is 0 Å². The molecule has 1 aliphatic rings. The number of likely N-dealkylation sites (tertiary alicyclic amines) is 1. The highest BCUT2D eigenvalue weighted by Gasteiger charge is 2.49. The highest BCUT2D eigenvalue weighted by Crippen LogP contribution is 2.33. The highest BCUT2D eigenvalue weighted by atomic mass is 16.6. The molecule has 1 aromatic heterocycles. The average molecular weight is 1130 g/mol. The number of rotatable bonds is 24. The summed E-state index contributed by atoms with van der Waals surface area (Å²) in [6.45, 7) is 17.3. The van der Waals surface area contributed by atoms with E-state index in [1.165, 1.54) is 36.7 Å². The van der Waals surface area contributed by atoms with E-state index in [0.29, 0.717) is 34.7 Å². The van der Waals surface area contributed by atoms with Crippen molar-refractivity contribution in [3.8, 4) is 23.8 Å². The van der Waals surface area contributed by atoms with Crippen LogP contribution in [-0.2, 0) is 68.8 Å². The molecule has 1 aliphatic heterocycles. The van der Waals surface area contributed by atoms with Crippen molar-refractivity contribution in [1.82, 2.24) is 40.7 Å². The largest absolute Gasteiger partial charge is 0.487 e. The second-order valence-corrected chi connectivity index (χ2v) is 22.4. The van der Waals surface area contributed by atoms with Crippen LogP contribution in [0.3, 0.4) is 0 Å². The number of esters is 2. The molecule has 0 aliphatic carbocycles. The number of methoxy groups -OCH3 is 1. The Kier molecular flexibility index (Phi) is 21.4. The van der Waals surface area contributed by atoms with Crippen LogP contribution in [0, 0.1) is 23.7 Å². The molecule has 0 bridgehead atoms. The Morgan fingerprint density at radius 2 is 1.41 bits per heavy atom. The fraction of sp³-hybridized carbons (Fsp3) is 0.435. The van der Waals surface area contributed by atoms with Gasteiger partial charge in [0.25, 0.3) is 0 Å². The number of hydrogen-bond donors (Lipinski definition) is 3. The van der Waals surface area contributed by atoms with Crippen molar-refractivity contribution in [3.63, 3.8) is 0 Å². The molecule has 20 nitrogen and oxygen atoms in total. The normalized spacial score (nSPS) is 16.0. The van der Waals surface area contributed by atoms with Gasteiger partial charge in [-0.05, 0) is 97.7 Å². The summed E-state index contributed by atoms with van der Waals surface area (Å²) in [5, 5.41) is 19.4. The molecule has 6 rings (SSSR count). The molecule has 5 aromatic rings. The van der Waals surface area contributed by atoms with Crippen LogP contribution in [-0.4, -0.2) is 136 Å². The first-order valence-corrected chi connectivity index (χ1v) is 27.2. The van der Waals surface area contributed by atoms with Crippen LogP contribution < -0.4 is 25.4 Å². The number of terminal acetylenes is 1. The Balaban J connectivity index is 1.35. The van der Waals surface area contributed by atoms with Gasteiger partial charge in [0, 0.05) is 26.4 Å². The summed E-state index contributed by atoms with van der Waals surface area (Å²) in [6.07, 6.45) is 8.26. The lowest BCUT2D eigenvalue weighted by atomic mass is 9.85. The van der Waals surface area contributed by atoms with Crippen molar-refractivity contribution in [1.29, 1.82) is 0 Å². The number of ether oxygens (including phenoxy) is 5. The Labute approximate surface area is 479 Å². The standard InChI is InChI=1S/C62H76N8O12/c1-13-31-79-47-25-22-42(23-26-47)35-50(59(76)80-32-14-2)64-55(72)49(36-43-19-24-44-17-15-16-18-45(44)34-43)63-56(73)52-51(70-37-46(66-67-70)38-81-48-27-20-41(21-28-48)33-39(3)58(75)78-12)29-30-69(52)57(74)53(61(5,6)7)65-54(71)40(4)68(11)60(77)82-62(8,9)10/h1,14-28,34,37,39-40,49-53H,2,29-33,35-36,38H2,3-12H3,(H,63,73)(H,64,72)(H,65,71)/t39-,40-,49-,50-,51+,52-,53+/m0/s1. The molecular weight excluding hydrogens is 1050 g/mol. The zero-order chi connectivity index (χ0) is 59.9. The predicted molar refractivity (Wildman–Crippen MR) is 307 cm³/mol. The van der Waals surface area contributed by atoms with Crippen LogP contribution in [0.5, 0.6) is 11.5 Å². The first kappa shape index (κ1) is 62.5. The van der Waals surface area contributed by atoms with E-state index in [-0.39, 0.29) is 57.5 Å². The maximum absolute atomic E-state index is 15.5. The summed E-state index contributed by atoms with van der Waals surface area (Å²) in [6, 6.07) is 20.3. The third-order valence-electron chi connectivity index (χ3n) is 13.8. The number of aromatic nitrogens is 3. The number of likely N-dealkylation sites (N-methyl/N-ethyl adjacent to an activating group) is 1. The van der Waals surface area contributed by atoms with E-state index in [9.17, 15) is 24.0 Å². The molecule has 1 fully saturated rings. The maximum Gasteiger partial charge on any atom is 0.410 e. The summed E-state index contributed by atoms with van der Waals surface area (Å²) in [7, 11) is 2.78. The first-order chi connectivity index (χ1) is 38.9. The molecule has 0 spiro atoms. The fourth-order valence-electron chi connectivity index (χ4n) is 9.28. The Morgan fingerprint density at radius 1 is 0.793 bits per heavy atom. The molecule has 5 amide bonds. The van der Waals surface area contributed by atoms with E-state index >= 15 is 9.59 Å². The molecule has 20 heteroatoms. The van der Waals surface area contributed by atoms with E-state index in [1.54, 1.807) is 91.1 Å². The maximum atomic E-state index is 15.5. The van der Waals surface area contributed by atoms with Crippen LogP contribution >= 0.6 is 0 Å². The minimum absolute atomic E-state index is 0.00711. The van der Waals surface area contributed by atoms with Crippen molar-refractivity contribution < 1.29 is 57.2 Å². The highest BCUT2D eigenvalue weighted by molar-refractivity contribution is 5.97. The van der Waals surface area contributed by atoms with Gasteiger partial charge in [-0.15, -0.1) is 11.5 Å². The molecule has 7 atom stereocenters. The number of hydrogen-bond acceptors (Lipinski definition) is 14. The number of carbonyl (C=O) groups excluding carboxylic acids is 7.